The lowest BCUT2D eigenvalue weighted by Crippen LogP contribution is -2.18. The van der Waals surface area contributed by atoms with Gasteiger partial charge in [0.25, 0.3) is 0 Å². The smallest absolute Gasteiger partial charge is 0.388 e. The number of hydrogen-bond donors (Lipinski definition) is 1. The van der Waals surface area contributed by atoms with Gasteiger partial charge in [-0.2, -0.15) is 40.2 Å². The molecular weight excluding hydrogens is 515 g/mol. The number of aromatic nitrogens is 1. The first-order valence-electron chi connectivity index (χ1n) is 12.2. The third kappa shape index (κ3) is 9.36. The minimum Gasteiger partial charge on any atom is -0.388 e. The number of aliphatic hydroxyl groups is 1. The van der Waals surface area contributed by atoms with Crippen molar-refractivity contribution in [3.8, 4) is 11.3 Å². The van der Waals surface area contributed by atoms with Crippen LogP contribution in [0.4, 0.5) is 13.2 Å². The Balaban J connectivity index is 0.00000241. The van der Waals surface area contributed by atoms with Crippen LogP contribution in [-0.4, -0.2) is 23.3 Å². The summed E-state index contributed by atoms with van der Waals surface area (Å²) in [6.07, 6.45) is -1.99. The molecule has 0 spiro atoms. The molecular formula is C29H36F3NO2S2. The van der Waals surface area contributed by atoms with Crippen LogP contribution in [0.3, 0.4) is 0 Å². The van der Waals surface area contributed by atoms with E-state index in [-0.39, 0.29) is 50.6 Å². The minimum atomic E-state index is -4.66. The van der Waals surface area contributed by atoms with E-state index in [1.54, 1.807) is 18.2 Å². The van der Waals surface area contributed by atoms with E-state index in [1.165, 1.54) is 18.9 Å². The average molecular weight is 552 g/mol. The lowest BCUT2D eigenvalue weighted by atomic mass is 9.92. The van der Waals surface area contributed by atoms with Crippen molar-refractivity contribution in [3.63, 3.8) is 0 Å². The number of alkyl halides is 3. The third-order valence-corrected chi connectivity index (χ3v) is 6.52. The predicted octanol–water partition coefficient (Wildman–Crippen LogP) is 7.40. The molecule has 2 aromatic carbocycles. The second-order valence-corrected chi connectivity index (χ2v) is 9.63. The van der Waals surface area contributed by atoms with Crippen molar-refractivity contribution < 1.29 is 23.0 Å². The summed E-state index contributed by atoms with van der Waals surface area (Å²) in [5.74, 6) is 0.755. The highest BCUT2D eigenvalue weighted by Gasteiger charge is 2.37. The lowest BCUT2D eigenvalue weighted by molar-refractivity contribution is -0.142. The molecule has 3 nitrogen and oxygen atoms in total. The Morgan fingerprint density at radius 3 is 2.24 bits per heavy atom. The summed E-state index contributed by atoms with van der Waals surface area (Å²) >= 11 is 0. The van der Waals surface area contributed by atoms with Gasteiger partial charge in [0.2, 0.25) is 0 Å². The van der Waals surface area contributed by atoms with E-state index in [1.807, 2.05) is 49.4 Å². The van der Waals surface area contributed by atoms with Crippen LogP contribution in [0.2, 0.25) is 0 Å². The molecule has 0 bridgehead atoms. The van der Waals surface area contributed by atoms with Crippen LogP contribution >= 0.6 is 27.0 Å². The molecule has 3 aromatic rings. The van der Waals surface area contributed by atoms with Gasteiger partial charge in [-0.05, 0) is 62.5 Å². The summed E-state index contributed by atoms with van der Waals surface area (Å²) < 4.78 is 47.6. The summed E-state index contributed by atoms with van der Waals surface area (Å²) in [6, 6.07) is 20.1. The molecule has 0 radical (unpaired) electrons. The molecule has 1 saturated carbocycles. The molecule has 0 aliphatic heterocycles. The number of ether oxygens (including phenoxy) is 1. The molecule has 0 saturated heterocycles. The van der Waals surface area contributed by atoms with Crippen molar-refractivity contribution in [2.24, 2.45) is 11.8 Å². The highest BCUT2D eigenvalue weighted by atomic mass is 32.1. The summed E-state index contributed by atoms with van der Waals surface area (Å²) in [5.41, 5.74) is 1.82. The average Bonchev–Trinajstić information content (AvgIpc) is 3.67. The maximum atomic E-state index is 13.9. The van der Waals surface area contributed by atoms with E-state index in [2.05, 4.69) is 4.98 Å². The molecule has 1 N–H and O–H groups in total. The SMILES string of the molecule is Cc1ccc(-c2ccc([C@H](O)CC[C@H](COCC3CC3)Cc3ccccc3)c(C(F)(F)F)n2)cc1.S.S. The Bertz CT molecular complexity index is 1090. The number of rotatable bonds is 11. The van der Waals surface area contributed by atoms with Gasteiger partial charge in [-0.1, -0.05) is 66.2 Å². The van der Waals surface area contributed by atoms with E-state index in [0.29, 0.717) is 24.5 Å². The molecule has 4 rings (SSSR count). The van der Waals surface area contributed by atoms with Gasteiger partial charge in [0.05, 0.1) is 11.8 Å². The molecule has 1 aliphatic carbocycles. The van der Waals surface area contributed by atoms with Crippen LogP contribution in [0.15, 0.2) is 66.7 Å². The molecule has 0 amide bonds. The number of halogens is 3. The van der Waals surface area contributed by atoms with Gasteiger partial charge in [0.1, 0.15) is 0 Å². The second-order valence-electron chi connectivity index (χ2n) is 9.63. The first-order chi connectivity index (χ1) is 16.8. The van der Waals surface area contributed by atoms with Gasteiger partial charge in [-0.25, -0.2) is 4.98 Å². The van der Waals surface area contributed by atoms with E-state index >= 15 is 0 Å². The van der Waals surface area contributed by atoms with Crippen LogP contribution in [0.5, 0.6) is 0 Å². The van der Waals surface area contributed by atoms with E-state index < -0.39 is 18.0 Å². The number of nitrogens with zero attached hydrogens (tertiary/aromatic N) is 1. The van der Waals surface area contributed by atoms with Crippen molar-refractivity contribution >= 4 is 27.0 Å². The maximum absolute atomic E-state index is 13.9. The number of benzene rings is 2. The van der Waals surface area contributed by atoms with Gasteiger partial charge >= 0.3 is 6.18 Å². The van der Waals surface area contributed by atoms with Crippen LogP contribution in [0.25, 0.3) is 11.3 Å². The Kier molecular flexibility index (Phi) is 12.0. The molecule has 37 heavy (non-hydrogen) atoms. The number of aliphatic hydroxyl groups excluding tert-OH is 1. The van der Waals surface area contributed by atoms with Crippen LogP contribution < -0.4 is 0 Å². The summed E-state index contributed by atoms with van der Waals surface area (Å²) in [7, 11) is 0. The van der Waals surface area contributed by atoms with E-state index in [9.17, 15) is 18.3 Å². The summed E-state index contributed by atoms with van der Waals surface area (Å²) in [4.78, 5) is 3.93. The zero-order valence-corrected chi connectivity index (χ0v) is 23.0. The Morgan fingerprint density at radius 1 is 0.946 bits per heavy atom. The zero-order chi connectivity index (χ0) is 24.8. The summed E-state index contributed by atoms with van der Waals surface area (Å²) in [6.45, 7) is 3.19. The van der Waals surface area contributed by atoms with Gasteiger partial charge in [0, 0.05) is 24.3 Å². The third-order valence-electron chi connectivity index (χ3n) is 6.52. The number of aryl methyl sites for hydroxylation is 1. The first-order valence-corrected chi connectivity index (χ1v) is 12.2. The van der Waals surface area contributed by atoms with Gasteiger partial charge in [-0.3, -0.25) is 0 Å². The minimum absolute atomic E-state index is 0. The largest absolute Gasteiger partial charge is 0.433 e. The second kappa shape index (κ2) is 14.2. The Hall–Kier alpha value is -2.00. The Morgan fingerprint density at radius 2 is 1.62 bits per heavy atom. The molecule has 0 unspecified atom stereocenters. The molecule has 202 valence electrons. The lowest BCUT2D eigenvalue weighted by Gasteiger charge is -2.21. The molecule has 1 aromatic heterocycles. The van der Waals surface area contributed by atoms with Crippen LogP contribution in [-0.2, 0) is 17.3 Å². The summed E-state index contributed by atoms with van der Waals surface area (Å²) in [5, 5.41) is 10.8. The van der Waals surface area contributed by atoms with Gasteiger partial charge < -0.3 is 9.84 Å². The first kappa shape index (κ1) is 31.2. The quantitative estimate of drug-likeness (QED) is 0.270. The Labute approximate surface area is 231 Å². The zero-order valence-electron chi connectivity index (χ0n) is 21.0. The number of pyridine rings is 1. The van der Waals surface area contributed by atoms with Crippen molar-refractivity contribution in [3.05, 3.63) is 89.1 Å². The fraction of sp³-hybridized carbons (Fsp3) is 0.414. The fourth-order valence-electron chi connectivity index (χ4n) is 4.28. The molecule has 1 fully saturated rings. The van der Waals surface area contributed by atoms with Crippen molar-refractivity contribution in [1.82, 2.24) is 4.98 Å². The van der Waals surface area contributed by atoms with E-state index in [0.717, 1.165) is 24.2 Å². The predicted molar refractivity (Wildman–Crippen MR) is 152 cm³/mol. The van der Waals surface area contributed by atoms with Crippen LogP contribution in [0.1, 0.15) is 54.2 Å². The molecule has 2 atom stereocenters. The highest BCUT2D eigenvalue weighted by Crippen LogP contribution is 2.37. The van der Waals surface area contributed by atoms with E-state index in [4.69, 9.17) is 4.74 Å². The molecule has 8 heteroatoms. The highest BCUT2D eigenvalue weighted by molar-refractivity contribution is 7.59. The normalized spacial score (nSPS) is 14.8. The molecule has 1 heterocycles. The molecule has 1 aliphatic rings. The van der Waals surface area contributed by atoms with Gasteiger partial charge in [0.15, 0.2) is 5.69 Å². The van der Waals surface area contributed by atoms with Crippen LogP contribution in [0, 0.1) is 18.8 Å². The van der Waals surface area contributed by atoms with Gasteiger partial charge in [-0.15, -0.1) is 0 Å². The fourth-order valence-corrected chi connectivity index (χ4v) is 4.28. The van der Waals surface area contributed by atoms with Crippen molar-refractivity contribution in [2.75, 3.05) is 13.2 Å². The van der Waals surface area contributed by atoms with Crippen molar-refractivity contribution in [1.29, 1.82) is 0 Å². The van der Waals surface area contributed by atoms with Crippen molar-refractivity contribution in [2.45, 2.75) is 51.3 Å². The maximum Gasteiger partial charge on any atom is 0.433 e. The monoisotopic (exact) mass is 551 g/mol. The standard InChI is InChI=1S/C29H32F3NO2.2H2S/c1-20-7-12-24(13-8-20)26-15-14-25(28(33-26)29(30,31)32)27(34)16-11-23(19-35-18-22-9-10-22)17-21-5-3-2-4-6-21;;/h2-8,12-15,22-23,27,34H,9-11,16-19H2,1H3;2*1H2/t23-,27+;;/m0../s1. The number of hydrogen-bond acceptors (Lipinski definition) is 3. The topological polar surface area (TPSA) is 42.4 Å².